The maximum atomic E-state index is 15.1. The van der Waals surface area contributed by atoms with Crippen LogP contribution < -0.4 is 103 Å². The van der Waals surface area contributed by atoms with Crippen LogP contribution in [0.1, 0.15) is 107 Å². The van der Waals surface area contributed by atoms with Crippen LogP contribution in [0.5, 0.6) is 0 Å². The number of fused-ring (bicyclic) bond motifs is 5. The van der Waals surface area contributed by atoms with Gasteiger partial charge in [0, 0.05) is 75.6 Å². The Morgan fingerprint density at radius 3 is 0.907 bits per heavy atom. The lowest BCUT2D eigenvalue weighted by Crippen LogP contribution is -2.34. The Kier molecular flexibility index (Phi) is 31.8. The molecule has 0 radical (unpaired) electrons. The Morgan fingerprint density at radius 1 is 0.347 bits per heavy atom. The number of aromatic nitrogens is 24. The predicted molar refractivity (Wildman–Crippen MR) is 525 cm³/mol. The lowest BCUT2D eigenvalue weighted by molar-refractivity contribution is -0.221. The van der Waals surface area contributed by atoms with E-state index in [1.807, 2.05) is 0 Å². The second kappa shape index (κ2) is 43.3. The molecular weight excluding hydrogens is 2280 g/mol. The third kappa shape index (κ3) is 24.3. The van der Waals surface area contributed by atoms with Crippen molar-refractivity contribution >= 4 is 216 Å². The first-order valence-electron chi connectivity index (χ1n) is 44.3. The van der Waals surface area contributed by atoms with Crippen LogP contribution in [0.15, 0.2) is 88.7 Å². The van der Waals surface area contributed by atoms with E-state index in [0.29, 0.717) is 0 Å². The van der Waals surface area contributed by atoms with Crippen molar-refractivity contribution in [3.05, 3.63) is 145 Å². The predicted octanol–water partition coefficient (Wildman–Crippen LogP) is -4.37. The molecule has 0 spiro atoms. The summed E-state index contributed by atoms with van der Waals surface area (Å²) in [5, 5.41) is 0. The molecule has 0 bridgehead atoms. The lowest BCUT2D eigenvalue weighted by Gasteiger charge is -2.36. The van der Waals surface area contributed by atoms with Crippen molar-refractivity contribution in [2.24, 2.45) is 0 Å². The normalized spacial score (nSPS) is 29.1. The number of rotatable bonds is 40. The number of aryl methyl sites for hydroxylation is 2. The van der Waals surface area contributed by atoms with Gasteiger partial charge in [-0.25, -0.2) is 44.5 Å². The minimum absolute atomic E-state index is 0.00250. The topological polar surface area (TPSA) is 887 Å². The fraction of sp³-hybridized carbons (Fsp3) is 0.535. The first-order valence-corrected chi connectivity index (χ1v) is 62.2. The smallest absolute Gasteiger partial charge is 0.330 e. The molecule has 0 saturated carbocycles. The molecule has 7 aliphatic heterocycles. The van der Waals surface area contributed by atoms with E-state index in [1.165, 1.54) is 68.2 Å². The van der Waals surface area contributed by atoms with Crippen molar-refractivity contribution in [1.29, 1.82) is 0 Å². The van der Waals surface area contributed by atoms with Gasteiger partial charge < -0.3 is 167 Å². The largest absolute Gasteiger partial charge is 0.780 e. The first-order chi connectivity index (χ1) is 70.8. The summed E-state index contributed by atoms with van der Waals surface area (Å²) in [6.07, 6.45) is -21.5. The van der Waals surface area contributed by atoms with E-state index in [2.05, 4.69) is 84.7 Å². The Balaban J connectivity index is 0.549. The monoisotopic (exact) mass is 2360 g/mol. The second-order valence-electron chi connectivity index (χ2n) is 34.5. The molecule has 0 amide bonds. The number of hydrogen-bond donors (Lipinski definition) is 11. The fourth-order valence-corrected chi connectivity index (χ4v) is 27.3. The summed E-state index contributed by atoms with van der Waals surface area (Å²) in [4.78, 5) is 251. The van der Waals surface area contributed by atoms with Crippen molar-refractivity contribution in [1.82, 2.24) is 117 Å². The van der Waals surface area contributed by atoms with Crippen molar-refractivity contribution in [2.45, 2.75) is 195 Å². The number of nitrogens with zero attached hydrogens (tertiary/aromatic N) is 18. The summed E-state index contributed by atoms with van der Waals surface area (Å²) in [5.74, 6) is -1.35. The van der Waals surface area contributed by atoms with Gasteiger partial charge in [0.25, 0.3) is 33.4 Å². The summed E-state index contributed by atoms with van der Waals surface area (Å²) in [5.41, 5.74) is 22.9. The van der Waals surface area contributed by atoms with Crippen LogP contribution in [0.3, 0.4) is 0 Å². The van der Waals surface area contributed by atoms with Crippen LogP contribution in [0.4, 0.5) is 29.6 Å². The Bertz CT molecular complexity index is 8140. The number of hydrogen-bond acceptors (Lipinski definition) is 59. The number of aromatic amines is 6. The van der Waals surface area contributed by atoms with Crippen molar-refractivity contribution in [2.75, 3.05) is 75.4 Å². The standard InChI is InChI=1S/C71H90N29O36P7S7/c1-26-12-94(70(107)92-60(26)101)42-5-29(28(3)123-42)130-138(110,145)117-16-38-32(8-45(126-38)97-22-80-50-56(97)84-66(73)88-62(50)103)133-142(114,149)121-19-41-35(11-48(129-41)100-25-83-53-59(100)87-69(76)91-65(53)106)136-143(115,150)122-18-40-34(10-47(128-40)99-24-82-52-58(99)86-68(75)90-64(52)105)135-141(113,148)119-15-37-31(6-43(124-37)95-13-27(2)61(102)93-71(95)108)132-139(111,146)120-17-39-33(9-46(127-39)98-23-81-51-57(98)85-67(74)89-63(51)104)134-140(112,147)118-14-36-30(131-137(109,144)116-4)7-44(125-36)96-21-79-49-54(72)77-20-78-55(49)96/h12-13,20-25,28-48H,5-11,14-19H2,1-4H3,(H,109,144)(H,110,145)(H,111,146)(H,112,147)(H,113,148)(H,114,149)(H,115,150)(H2,72,77,78)(H,92,101,107)(H,93,102,108)(H3,73,84,88,103)(H3,74,85,89,104)(H3,75,86,90,105)(H3,76,87,91,106)/p-7/t28-,29-,30-,31-,32-,33-,34-,35-,36-,37-,38-,39-,40-,41-,42-,43-,44-,45-,46-,47-,48-,137?,138?,139?,140?,141?,142?,143?/m1/s1. The Hall–Kier alpha value is -8.29. The number of nitrogens with one attached hydrogen (secondary N) is 6. The molecule has 79 heteroatoms. The molecule has 7 unspecified atom stereocenters. The molecule has 0 aromatic carbocycles. The maximum Gasteiger partial charge on any atom is 0.330 e. The van der Waals surface area contributed by atoms with Gasteiger partial charge in [0.05, 0.1) is 120 Å². The third-order valence-electron chi connectivity index (χ3n) is 24.5. The minimum Gasteiger partial charge on any atom is -0.780 e. The number of imidazole rings is 5. The summed E-state index contributed by atoms with van der Waals surface area (Å²) < 4.78 is 150. The summed E-state index contributed by atoms with van der Waals surface area (Å²) in [7, 11) is 1.06. The number of nitrogens with two attached hydrogens (primary N) is 5. The highest BCUT2D eigenvalue weighted by molar-refractivity contribution is 8.32. The van der Waals surface area contributed by atoms with Gasteiger partial charge in [-0.1, -0.05) is 70.8 Å². The molecule has 28 atom stereocenters. The SMILES string of the molecule is COP([O-])(=S)O[C@@H]1C[C@H](n2cnc3c(N)ncnc32)O[C@@H]1COP([O-])(=S)O[C@@H]1C[C@H](n2cnc3c(=O)[nH]c(N)nc32)O[C@@H]1COP([O-])(=S)O[C@@H]1C[C@H](n2cc(C)c(=O)[nH]c2=O)O[C@@H]1COP([O-])(=S)O[C@@H]1C[C@H](n2cnc3c(=O)[nH]c(N)nc32)O[C@@H]1COP([O-])(=S)O[C@@H]1C[C@H](n2cnc3c(=O)[nH]c(N)nc32)O[C@@H]1COP(=O)([S-])O[C@@H]1C[C@H](n2cnc3c(=O)[nH]c(N)nc32)O[C@@H]1COP([O-])(=S)O[C@@H]1C[C@H](n2cc(C)c(=O)[nH]c2=O)O[C@@H]1C. The van der Waals surface area contributed by atoms with Crippen LogP contribution in [0.2, 0.25) is 0 Å². The minimum atomic E-state index is -5.10. The molecule has 16 N–H and O–H groups in total. The van der Waals surface area contributed by atoms with Gasteiger partial charge in [-0.2, -0.15) is 19.9 Å². The van der Waals surface area contributed by atoms with Crippen LogP contribution >= 0.6 is 47.1 Å². The molecule has 812 valence electrons. The number of ether oxygens (including phenoxy) is 7. The van der Waals surface area contributed by atoms with Gasteiger partial charge in [0.15, 0.2) is 62.9 Å². The van der Waals surface area contributed by atoms with Crippen molar-refractivity contribution in [3.63, 3.8) is 0 Å². The highest BCUT2D eigenvalue weighted by Crippen LogP contribution is 2.57. The van der Waals surface area contributed by atoms with E-state index in [0.717, 1.165) is 35.1 Å². The van der Waals surface area contributed by atoms with E-state index >= 15 is 9.79 Å². The molecule has 0 aliphatic carbocycles. The molecule has 12 aromatic heterocycles. The van der Waals surface area contributed by atoms with Gasteiger partial charge in [0.2, 0.25) is 23.8 Å². The van der Waals surface area contributed by atoms with E-state index < -0.39 is 280 Å². The van der Waals surface area contributed by atoms with Crippen molar-refractivity contribution < 1.29 is 130 Å². The van der Waals surface area contributed by atoms with Crippen LogP contribution in [0, 0.1) is 13.8 Å². The molecule has 7 aliphatic rings. The summed E-state index contributed by atoms with van der Waals surface area (Å²) in [6.45, 7) is -34.6. The Labute approximate surface area is 871 Å². The van der Waals surface area contributed by atoms with Gasteiger partial charge >= 0.3 is 11.4 Å². The van der Waals surface area contributed by atoms with Crippen LogP contribution in [-0.4, -0.2) is 249 Å². The quantitative estimate of drug-likeness (QED) is 0.0128. The number of anilines is 5. The average Bonchev–Trinajstić information content (AvgIpc) is 1.63. The van der Waals surface area contributed by atoms with Crippen LogP contribution in [0.25, 0.3) is 55.8 Å². The van der Waals surface area contributed by atoms with E-state index in [4.69, 9.17) is 208 Å². The molecule has 65 nitrogen and oxygen atoms in total. The van der Waals surface area contributed by atoms with Gasteiger partial charge in [-0.05, 0) is 20.8 Å². The molecular formula is C71H83N29O36P7S7-7. The molecule has 19 rings (SSSR count). The summed E-state index contributed by atoms with van der Waals surface area (Å²) in [6, 6.07) is 0. The zero-order valence-corrected chi connectivity index (χ0v) is 89.0. The van der Waals surface area contributed by atoms with E-state index in [-0.39, 0.29) is 122 Å². The summed E-state index contributed by atoms with van der Waals surface area (Å²) >= 11 is 38.2. The van der Waals surface area contributed by atoms with Gasteiger partial charge in [-0.15, -0.1) is 0 Å². The third-order valence-corrected chi connectivity index (χ3v) is 35.6. The fourth-order valence-electron chi connectivity index (χ4n) is 17.6. The highest BCUT2D eigenvalue weighted by atomic mass is 32.7. The molecule has 7 saturated heterocycles. The molecule has 19 heterocycles. The Morgan fingerprint density at radius 2 is 0.600 bits per heavy atom. The zero-order valence-electron chi connectivity index (χ0n) is 77.1. The van der Waals surface area contributed by atoms with E-state index in [1.54, 1.807) is 6.92 Å². The molecule has 12 aromatic rings. The number of nitrogen functional groups attached to an aromatic ring is 5. The molecule has 150 heavy (non-hydrogen) atoms. The second-order valence-corrected chi connectivity index (χ2v) is 53.5. The highest BCUT2D eigenvalue weighted by Gasteiger charge is 2.50. The van der Waals surface area contributed by atoms with Gasteiger partial charge in [-0.3, -0.25) is 95.2 Å². The average molecular weight is 2360 g/mol. The van der Waals surface area contributed by atoms with Crippen molar-refractivity contribution in [3.8, 4) is 0 Å². The first kappa shape index (κ1) is 110. The maximum absolute atomic E-state index is 15.1. The van der Waals surface area contributed by atoms with Gasteiger partial charge in [0.1, 0.15) is 132 Å². The van der Waals surface area contributed by atoms with Crippen LogP contribution in [-0.2, 0) is 184 Å². The zero-order chi connectivity index (χ0) is 107. The molecule has 7 fully saturated rings. The number of H-pyrrole nitrogens is 6. The lowest BCUT2D eigenvalue weighted by atomic mass is 10.2. The van der Waals surface area contributed by atoms with E-state index in [9.17, 15) is 62.5 Å².